The van der Waals surface area contributed by atoms with Crippen LogP contribution in [-0.4, -0.2) is 16.8 Å². The second-order valence-electron chi connectivity index (χ2n) is 6.57. The van der Waals surface area contributed by atoms with Gasteiger partial charge in [-0.1, -0.05) is 38.1 Å². The largest absolute Gasteiger partial charge is 0.467 e. The lowest BCUT2D eigenvalue weighted by Gasteiger charge is -2.22. The summed E-state index contributed by atoms with van der Waals surface area (Å²) < 4.78 is 5.31. The number of benzene rings is 1. The molecular weight excluding hydrogens is 324 g/mol. The molecule has 2 N–H and O–H groups in total. The zero-order valence-corrected chi connectivity index (χ0v) is 15.0. The molecule has 1 fully saturated rings. The van der Waals surface area contributed by atoms with Gasteiger partial charge in [0.15, 0.2) is 0 Å². The van der Waals surface area contributed by atoms with Crippen LogP contribution in [-0.2, 0) is 13.1 Å². The van der Waals surface area contributed by atoms with Crippen molar-refractivity contribution in [1.29, 1.82) is 0 Å². The molecule has 1 heterocycles. The van der Waals surface area contributed by atoms with E-state index in [1.165, 1.54) is 11.8 Å². The van der Waals surface area contributed by atoms with Crippen LogP contribution in [0.2, 0.25) is 0 Å². The first-order valence-corrected chi connectivity index (χ1v) is 8.25. The maximum absolute atomic E-state index is 12.8. The molecule has 0 radical (unpaired) electrons. The smallest absolute Gasteiger partial charge is 0.257 e. The summed E-state index contributed by atoms with van der Waals surface area (Å²) in [4.78, 5) is 14.7. The zero-order chi connectivity index (χ0) is 16.4. The number of carbonyl (C=O) groups is 1. The molecule has 5 heteroatoms. The van der Waals surface area contributed by atoms with Crippen LogP contribution >= 0.6 is 12.4 Å². The fraction of sp³-hybridized carbons (Fsp3) is 0.421. The van der Waals surface area contributed by atoms with E-state index in [0.717, 1.165) is 18.4 Å². The first-order chi connectivity index (χ1) is 11.1. The van der Waals surface area contributed by atoms with Gasteiger partial charge >= 0.3 is 0 Å². The number of hydrogen-bond donors (Lipinski definition) is 1. The number of rotatable bonds is 6. The summed E-state index contributed by atoms with van der Waals surface area (Å²) in [5.74, 6) is 1.19. The van der Waals surface area contributed by atoms with Crippen molar-refractivity contribution in [3.8, 4) is 0 Å². The second-order valence-corrected chi connectivity index (χ2v) is 6.57. The fourth-order valence-electron chi connectivity index (χ4n) is 2.72. The van der Waals surface area contributed by atoms with E-state index in [1.54, 1.807) is 6.07 Å². The predicted molar refractivity (Wildman–Crippen MR) is 97.3 cm³/mol. The third-order valence-corrected chi connectivity index (χ3v) is 4.35. The molecule has 4 nitrogen and oxygen atoms in total. The molecule has 0 bridgehead atoms. The van der Waals surface area contributed by atoms with Gasteiger partial charge in [0.1, 0.15) is 12.0 Å². The summed E-state index contributed by atoms with van der Waals surface area (Å²) in [6.07, 6.45) is 3.68. The highest BCUT2D eigenvalue weighted by molar-refractivity contribution is 5.94. The van der Waals surface area contributed by atoms with Crippen molar-refractivity contribution < 1.29 is 9.21 Å². The van der Waals surface area contributed by atoms with E-state index in [-0.39, 0.29) is 18.3 Å². The quantitative estimate of drug-likeness (QED) is 0.855. The van der Waals surface area contributed by atoms with E-state index in [9.17, 15) is 4.79 Å². The third-order valence-electron chi connectivity index (χ3n) is 4.35. The van der Waals surface area contributed by atoms with E-state index in [1.807, 2.05) is 4.90 Å². The van der Waals surface area contributed by atoms with Crippen molar-refractivity contribution in [1.82, 2.24) is 4.90 Å². The van der Waals surface area contributed by atoms with E-state index in [4.69, 9.17) is 10.2 Å². The molecule has 1 aliphatic rings. The number of halogens is 1. The van der Waals surface area contributed by atoms with Crippen LogP contribution in [0.1, 0.15) is 59.9 Å². The lowest BCUT2D eigenvalue weighted by atomic mass is 10.0. The van der Waals surface area contributed by atoms with Crippen LogP contribution in [0.15, 0.2) is 41.0 Å². The molecule has 2 aromatic rings. The lowest BCUT2D eigenvalue weighted by molar-refractivity contribution is 0.0729. The highest BCUT2D eigenvalue weighted by atomic mass is 35.5. The number of nitrogens with two attached hydrogens (primary N) is 1. The number of furan rings is 1. The highest BCUT2D eigenvalue weighted by Crippen LogP contribution is 2.30. The van der Waals surface area contributed by atoms with Crippen LogP contribution in [0.5, 0.6) is 0 Å². The maximum Gasteiger partial charge on any atom is 0.257 e. The van der Waals surface area contributed by atoms with Gasteiger partial charge in [-0.25, -0.2) is 0 Å². The van der Waals surface area contributed by atoms with E-state index in [0.29, 0.717) is 36.4 Å². The summed E-state index contributed by atoms with van der Waals surface area (Å²) in [6, 6.07) is 10.7. The van der Waals surface area contributed by atoms with Gasteiger partial charge in [0, 0.05) is 12.6 Å². The van der Waals surface area contributed by atoms with Gasteiger partial charge in [0.2, 0.25) is 0 Å². The van der Waals surface area contributed by atoms with Gasteiger partial charge in [-0.3, -0.25) is 4.79 Å². The Morgan fingerprint density at radius 2 is 1.96 bits per heavy atom. The van der Waals surface area contributed by atoms with Crippen molar-refractivity contribution in [2.75, 3.05) is 0 Å². The third kappa shape index (κ3) is 4.19. The van der Waals surface area contributed by atoms with Gasteiger partial charge in [-0.2, -0.15) is 0 Å². The summed E-state index contributed by atoms with van der Waals surface area (Å²) >= 11 is 0. The normalized spacial score (nSPS) is 13.7. The van der Waals surface area contributed by atoms with Crippen molar-refractivity contribution >= 4 is 18.3 Å². The summed E-state index contributed by atoms with van der Waals surface area (Å²) in [5, 5.41) is 0. The molecule has 1 saturated carbocycles. The standard InChI is InChI=1S/C19H24N2O2.ClH/c1-13(2)15-5-3-14(4-6-15)11-21(17-7-8-17)19(22)16-9-18(10-20)23-12-16;/h3-6,9,12-13,17H,7-8,10-11,20H2,1-2H3;1H. The van der Waals surface area contributed by atoms with Crippen LogP contribution in [0, 0.1) is 0 Å². The number of carbonyl (C=O) groups excluding carboxylic acids is 1. The lowest BCUT2D eigenvalue weighted by Crippen LogP contribution is -2.32. The van der Waals surface area contributed by atoms with Gasteiger partial charge in [0.05, 0.1) is 12.1 Å². The van der Waals surface area contributed by atoms with E-state index in [2.05, 4.69) is 38.1 Å². The average Bonchev–Trinajstić information content (AvgIpc) is 3.28. The zero-order valence-electron chi connectivity index (χ0n) is 14.2. The molecule has 0 atom stereocenters. The maximum atomic E-state index is 12.8. The summed E-state index contributed by atoms with van der Waals surface area (Å²) in [5.41, 5.74) is 8.63. The van der Waals surface area contributed by atoms with Crippen molar-refractivity contribution in [3.63, 3.8) is 0 Å². The molecule has 0 spiro atoms. The fourth-order valence-corrected chi connectivity index (χ4v) is 2.72. The molecule has 0 aliphatic heterocycles. The first kappa shape index (κ1) is 18.6. The van der Waals surface area contributed by atoms with E-state index >= 15 is 0 Å². The van der Waals surface area contributed by atoms with Crippen LogP contribution in [0.3, 0.4) is 0 Å². The van der Waals surface area contributed by atoms with E-state index < -0.39 is 0 Å². The SMILES string of the molecule is CC(C)c1ccc(CN(C(=O)c2coc(CN)c2)C2CC2)cc1.Cl. The number of nitrogens with zero attached hydrogens (tertiary/aromatic N) is 1. The molecule has 1 aromatic carbocycles. The molecule has 1 aromatic heterocycles. The Bertz CT molecular complexity index is 675. The van der Waals surface area contributed by atoms with Crippen molar-refractivity contribution in [2.45, 2.75) is 51.7 Å². The first-order valence-electron chi connectivity index (χ1n) is 8.25. The van der Waals surface area contributed by atoms with Crippen LogP contribution in [0.25, 0.3) is 0 Å². The van der Waals surface area contributed by atoms with Crippen molar-refractivity contribution in [3.05, 3.63) is 59.0 Å². The molecule has 130 valence electrons. The Morgan fingerprint density at radius 3 is 2.46 bits per heavy atom. The second kappa shape index (κ2) is 7.86. The predicted octanol–water partition coefficient (Wildman–Crippen LogP) is 4.09. The Morgan fingerprint density at radius 1 is 1.29 bits per heavy atom. The minimum atomic E-state index is 0. The highest BCUT2D eigenvalue weighted by Gasteiger charge is 2.33. The molecular formula is C19H25ClN2O2. The molecule has 1 aliphatic carbocycles. The molecule has 0 unspecified atom stereocenters. The molecule has 0 saturated heterocycles. The number of amides is 1. The topological polar surface area (TPSA) is 59.5 Å². The van der Waals surface area contributed by atoms with Gasteiger partial charge in [-0.15, -0.1) is 12.4 Å². The van der Waals surface area contributed by atoms with Crippen LogP contribution in [0.4, 0.5) is 0 Å². The monoisotopic (exact) mass is 348 g/mol. The Balaban J connectivity index is 0.00000208. The molecule has 3 rings (SSSR count). The van der Waals surface area contributed by atoms with Crippen LogP contribution < -0.4 is 5.73 Å². The minimum Gasteiger partial charge on any atom is -0.467 e. The summed E-state index contributed by atoms with van der Waals surface area (Å²) in [6.45, 7) is 5.32. The summed E-state index contributed by atoms with van der Waals surface area (Å²) in [7, 11) is 0. The van der Waals surface area contributed by atoms with Crippen molar-refractivity contribution in [2.24, 2.45) is 5.73 Å². The Labute approximate surface area is 149 Å². The Kier molecular flexibility index (Phi) is 6.08. The average molecular weight is 349 g/mol. The minimum absolute atomic E-state index is 0. The van der Waals surface area contributed by atoms with Gasteiger partial charge < -0.3 is 15.1 Å². The Hall–Kier alpha value is -1.78. The molecule has 1 amide bonds. The molecule has 24 heavy (non-hydrogen) atoms. The van der Waals surface area contributed by atoms with Gasteiger partial charge in [-0.05, 0) is 36.0 Å². The van der Waals surface area contributed by atoms with Gasteiger partial charge in [0.25, 0.3) is 5.91 Å². The number of hydrogen-bond acceptors (Lipinski definition) is 3.